The van der Waals surface area contributed by atoms with E-state index in [-0.39, 0.29) is 11.8 Å². The molecule has 0 saturated carbocycles. The van der Waals surface area contributed by atoms with Crippen LogP contribution >= 0.6 is 11.3 Å². The predicted octanol–water partition coefficient (Wildman–Crippen LogP) is 4.82. The molecule has 2 N–H and O–H groups in total. The highest BCUT2D eigenvalue weighted by atomic mass is 32.1. The van der Waals surface area contributed by atoms with Gasteiger partial charge in [0.15, 0.2) is 0 Å². The van der Waals surface area contributed by atoms with Crippen LogP contribution in [0.15, 0.2) is 24.3 Å². The summed E-state index contributed by atoms with van der Waals surface area (Å²) in [7, 11) is 0. The number of hydrogen-bond donors (Lipinski definition) is 2. The van der Waals surface area contributed by atoms with Gasteiger partial charge in [0.2, 0.25) is 11.0 Å². The Morgan fingerprint density at radius 3 is 2.35 bits per heavy atom. The van der Waals surface area contributed by atoms with Gasteiger partial charge in [-0.3, -0.25) is 14.9 Å². The highest BCUT2D eigenvalue weighted by Gasteiger charge is 2.15. The van der Waals surface area contributed by atoms with E-state index in [0.29, 0.717) is 28.7 Å². The average molecular weight is 375 g/mol. The second-order valence-corrected chi connectivity index (χ2v) is 7.15. The summed E-state index contributed by atoms with van der Waals surface area (Å²) in [6.45, 7) is 6.29. The van der Waals surface area contributed by atoms with Crippen molar-refractivity contribution in [1.29, 1.82) is 0 Å². The summed E-state index contributed by atoms with van der Waals surface area (Å²) in [6.07, 6.45) is 4.37. The standard InChI is InChI=1S/C19H26N4O2S/c1-4-7-8-16(24)20-15-11-9-14(10-12-15)17(25)21-19-23-22-18(26-19)13(5-2)6-3/h9-13H,4-8H2,1-3H3,(H,20,24)(H,21,23,25). The Morgan fingerprint density at radius 1 is 1.04 bits per heavy atom. The van der Waals surface area contributed by atoms with Crippen LogP contribution in [0.3, 0.4) is 0 Å². The van der Waals surface area contributed by atoms with Gasteiger partial charge in [0.25, 0.3) is 5.91 Å². The van der Waals surface area contributed by atoms with Gasteiger partial charge in [0, 0.05) is 23.6 Å². The molecule has 0 radical (unpaired) electrons. The number of carbonyl (C=O) groups is 2. The van der Waals surface area contributed by atoms with E-state index < -0.39 is 0 Å². The number of carbonyl (C=O) groups excluding carboxylic acids is 2. The van der Waals surface area contributed by atoms with Gasteiger partial charge < -0.3 is 5.32 Å². The molecule has 0 atom stereocenters. The van der Waals surface area contributed by atoms with Crippen molar-refractivity contribution in [1.82, 2.24) is 10.2 Å². The summed E-state index contributed by atoms with van der Waals surface area (Å²) in [5.41, 5.74) is 1.20. The summed E-state index contributed by atoms with van der Waals surface area (Å²) in [5.74, 6) is 0.140. The van der Waals surface area contributed by atoms with Crippen LogP contribution in [-0.2, 0) is 4.79 Å². The molecule has 0 aliphatic rings. The van der Waals surface area contributed by atoms with Crippen LogP contribution in [0.5, 0.6) is 0 Å². The average Bonchev–Trinajstić information content (AvgIpc) is 3.09. The van der Waals surface area contributed by atoms with Gasteiger partial charge in [0.1, 0.15) is 5.01 Å². The Labute approximate surface area is 158 Å². The Bertz CT molecular complexity index is 723. The SMILES string of the molecule is CCCCC(=O)Nc1ccc(C(=O)Nc2nnc(C(CC)CC)s2)cc1. The van der Waals surface area contributed by atoms with E-state index in [4.69, 9.17) is 0 Å². The molecule has 1 aromatic heterocycles. The quantitative estimate of drug-likeness (QED) is 0.659. The molecule has 1 aromatic carbocycles. The number of unbranched alkanes of at least 4 members (excludes halogenated alkanes) is 1. The van der Waals surface area contributed by atoms with Crippen molar-refractivity contribution in [3.8, 4) is 0 Å². The van der Waals surface area contributed by atoms with Gasteiger partial charge in [-0.15, -0.1) is 10.2 Å². The van der Waals surface area contributed by atoms with Gasteiger partial charge in [-0.05, 0) is 43.5 Å². The molecule has 140 valence electrons. The van der Waals surface area contributed by atoms with E-state index in [9.17, 15) is 9.59 Å². The Hall–Kier alpha value is -2.28. The summed E-state index contributed by atoms with van der Waals surface area (Å²) >= 11 is 1.42. The van der Waals surface area contributed by atoms with Crippen LogP contribution in [-0.4, -0.2) is 22.0 Å². The highest BCUT2D eigenvalue weighted by Crippen LogP contribution is 2.28. The predicted molar refractivity (Wildman–Crippen MR) is 106 cm³/mol. The van der Waals surface area contributed by atoms with E-state index in [2.05, 4.69) is 34.7 Å². The molecule has 0 aliphatic heterocycles. The number of nitrogens with one attached hydrogen (secondary N) is 2. The summed E-state index contributed by atoms with van der Waals surface area (Å²) < 4.78 is 0. The lowest BCUT2D eigenvalue weighted by Crippen LogP contribution is -2.13. The van der Waals surface area contributed by atoms with Gasteiger partial charge in [-0.25, -0.2) is 0 Å². The van der Waals surface area contributed by atoms with Crippen LogP contribution < -0.4 is 10.6 Å². The molecule has 2 amide bonds. The first kappa shape index (κ1) is 20.0. The lowest BCUT2D eigenvalue weighted by molar-refractivity contribution is -0.116. The fourth-order valence-corrected chi connectivity index (χ4v) is 3.53. The minimum absolute atomic E-state index is 0.00755. The summed E-state index contributed by atoms with van der Waals surface area (Å²) in [5, 5.41) is 15.3. The van der Waals surface area contributed by atoms with E-state index in [0.717, 1.165) is 30.7 Å². The number of rotatable bonds is 9. The van der Waals surface area contributed by atoms with Crippen molar-refractivity contribution < 1.29 is 9.59 Å². The molecule has 1 heterocycles. The number of hydrogen-bond acceptors (Lipinski definition) is 5. The molecule has 0 saturated heterocycles. The summed E-state index contributed by atoms with van der Waals surface area (Å²) in [4.78, 5) is 24.1. The van der Waals surface area contributed by atoms with Gasteiger partial charge in [-0.1, -0.05) is 38.5 Å². The first-order valence-electron chi connectivity index (χ1n) is 9.12. The van der Waals surface area contributed by atoms with E-state index >= 15 is 0 Å². The van der Waals surface area contributed by atoms with Gasteiger partial charge in [-0.2, -0.15) is 0 Å². The third-order valence-corrected chi connectivity index (χ3v) is 5.19. The van der Waals surface area contributed by atoms with E-state index in [1.54, 1.807) is 24.3 Å². The second-order valence-electron chi connectivity index (χ2n) is 6.14. The summed E-state index contributed by atoms with van der Waals surface area (Å²) in [6, 6.07) is 6.84. The van der Waals surface area contributed by atoms with Crippen molar-refractivity contribution in [3.05, 3.63) is 34.8 Å². The van der Waals surface area contributed by atoms with Crippen LogP contribution in [0.4, 0.5) is 10.8 Å². The molecule has 0 bridgehead atoms. The third-order valence-electron chi connectivity index (χ3n) is 4.18. The van der Waals surface area contributed by atoms with Gasteiger partial charge >= 0.3 is 0 Å². The van der Waals surface area contributed by atoms with Gasteiger partial charge in [0.05, 0.1) is 0 Å². The molecule has 2 rings (SSSR count). The molecule has 2 aromatic rings. The molecular weight excluding hydrogens is 348 g/mol. The Balaban J connectivity index is 1.94. The minimum atomic E-state index is -0.235. The fourth-order valence-electron chi connectivity index (χ4n) is 2.52. The van der Waals surface area contributed by atoms with Crippen molar-refractivity contribution in [2.45, 2.75) is 58.8 Å². The maximum Gasteiger partial charge on any atom is 0.257 e. The molecule has 0 aliphatic carbocycles. The zero-order chi connectivity index (χ0) is 18.9. The number of anilines is 2. The maximum absolute atomic E-state index is 12.3. The Kier molecular flexibility index (Phi) is 7.72. The topological polar surface area (TPSA) is 84.0 Å². The second kappa shape index (κ2) is 10.0. The van der Waals surface area contributed by atoms with Crippen molar-refractivity contribution in [2.24, 2.45) is 0 Å². The minimum Gasteiger partial charge on any atom is -0.326 e. The zero-order valence-electron chi connectivity index (χ0n) is 15.5. The lowest BCUT2D eigenvalue weighted by Gasteiger charge is -2.06. The Morgan fingerprint density at radius 2 is 1.73 bits per heavy atom. The molecule has 0 unspecified atom stereocenters. The van der Waals surface area contributed by atoms with Crippen molar-refractivity contribution in [3.63, 3.8) is 0 Å². The molecule has 0 spiro atoms. The van der Waals surface area contributed by atoms with E-state index in [1.165, 1.54) is 11.3 Å². The highest BCUT2D eigenvalue weighted by molar-refractivity contribution is 7.15. The molecule has 0 fully saturated rings. The van der Waals surface area contributed by atoms with Crippen molar-refractivity contribution >= 4 is 34.0 Å². The normalized spacial score (nSPS) is 10.8. The van der Waals surface area contributed by atoms with Crippen LogP contribution in [0.1, 0.15) is 74.2 Å². The largest absolute Gasteiger partial charge is 0.326 e. The molecule has 6 nitrogen and oxygen atoms in total. The number of benzene rings is 1. The zero-order valence-corrected chi connectivity index (χ0v) is 16.4. The first-order chi connectivity index (χ1) is 12.6. The van der Waals surface area contributed by atoms with E-state index in [1.807, 2.05) is 6.92 Å². The lowest BCUT2D eigenvalue weighted by atomic mass is 10.1. The number of aromatic nitrogens is 2. The smallest absolute Gasteiger partial charge is 0.257 e. The van der Waals surface area contributed by atoms with Crippen LogP contribution in [0.25, 0.3) is 0 Å². The maximum atomic E-state index is 12.3. The molecule has 7 heteroatoms. The number of amides is 2. The van der Waals surface area contributed by atoms with Crippen LogP contribution in [0, 0.1) is 0 Å². The third kappa shape index (κ3) is 5.62. The first-order valence-corrected chi connectivity index (χ1v) is 9.93. The van der Waals surface area contributed by atoms with Crippen molar-refractivity contribution in [2.75, 3.05) is 10.6 Å². The van der Waals surface area contributed by atoms with Crippen LogP contribution in [0.2, 0.25) is 0 Å². The number of nitrogens with zero attached hydrogens (tertiary/aromatic N) is 2. The fraction of sp³-hybridized carbons (Fsp3) is 0.474. The molecular formula is C19H26N4O2S. The monoisotopic (exact) mass is 374 g/mol. The molecule has 26 heavy (non-hydrogen) atoms.